The molecule has 1 aromatic carbocycles. The zero-order valence-corrected chi connectivity index (χ0v) is 13.2. The topological polar surface area (TPSA) is 64.7 Å². The van der Waals surface area contributed by atoms with Gasteiger partial charge in [-0.05, 0) is 29.2 Å². The average Bonchev–Trinajstić information content (AvgIpc) is 2.95. The Hall–Kier alpha value is -1.85. The van der Waals surface area contributed by atoms with Gasteiger partial charge in [0, 0.05) is 17.0 Å². The molecule has 5 heteroatoms. The Morgan fingerprint density at radius 3 is 2.71 bits per heavy atom. The maximum atomic E-state index is 6.44. The molecule has 108 valence electrons. The van der Waals surface area contributed by atoms with Gasteiger partial charge in [0.15, 0.2) is 0 Å². The number of rotatable bonds is 2. The minimum Gasteiger partial charge on any atom is -0.319 e. The predicted octanol–water partition coefficient (Wildman–Crippen LogP) is 3.43. The van der Waals surface area contributed by atoms with E-state index < -0.39 is 0 Å². The van der Waals surface area contributed by atoms with Gasteiger partial charge in [0.05, 0.1) is 22.1 Å². The normalized spacial score (nSPS) is 13.5. The monoisotopic (exact) mass is 298 g/mol. The van der Waals surface area contributed by atoms with E-state index in [1.807, 2.05) is 30.5 Å². The molecule has 2 N–H and O–H groups in total. The standard InChI is InChI=1S/C16H18N4S/c1-16(2,3)15-14(21-20-19-15)13(17)11-8-10-6-4-5-7-12(10)18-9-11/h4-9,13H,17H2,1-3H3. The molecule has 0 bridgehead atoms. The molecule has 0 aliphatic heterocycles. The van der Waals surface area contributed by atoms with Gasteiger partial charge in [-0.15, -0.1) is 5.10 Å². The van der Waals surface area contributed by atoms with Crippen molar-refractivity contribution in [3.63, 3.8) is 0 Å². The van der Waals surface area contributed by atoms with Crippen LogP contribution in [-0.4, -0.2) is 14.6 Å². The molecule has 4 nitrogen and oxygen atoms in total. The van der Waals surface area contributed by atoms with E-state index in [2.05, 4.69) is 41.4 Å². The van der Waals surface area contributed by atoms with Crippen molar-refractivity contribution in [2.75, 3.05) is 0 Å². The van der Waals surface area contributed by atoms with Crippen LogP contribution in [0.15, 0.2) is 36.5 Å². The van der Waals surface area contributed by atoms with E-state index in [-0.39, 0.29) is 11.5 Å². The highest BCUT2D eigenvalue weighted by Crippen LogP contribution is 2.32. The molecule has 0 amide bonds. The maximum absolute atomic E-state index is 6.44. The highest BCUT2D eigenvalue weighted by atomic mass is 32.1. The molecule has 0 aliphatic carbocycles. The van der Waals surface area contributed by atoms with Gasteiger partial charge in [0.2, 0.25) is 0 Å². The Balaban J connectivity index is 2.04. The Labute approximate surface area is 128 Å². The molecule has 2 heterocycles. The molecule has 21 heavy (non-hydrogen) atoms. The number of pyridine rings is 1. The first-order chi connectivity index (χ1) is 9.97. The Morgan fingerprint density at radius 2 is 1.95 bits per heavy atom. The molecule has 0 radical (unpaired) electrons. The summed E-state index contributed by atoms with van der Waals surface area (Å²) in [7, 11) is 0. The lowest BCUT2D eigenvalue weighted by Gasteiger charge is -2.19. The van der Waals surface area contributed by atoms with E-state index >= 15 is 0 Å². The number of benzene rings is 1. The van der Waals surface area contributed by atoms with E-state index in [0.29, 0.717) is 0 Å². The lowest BCUT2D eigenvalue weighted by molar-refractivity contribution is 0.556. The first kappa shape index (κ1) is 14.1. The summed E-state index contributed by atoms with van der Waals surface area (Å²) in [5, 5.41) is 5.36. The smallest absolute Gasteiger partial charge is 0.0860 e. The number of para-hydroxylation sites is 1. The third kappa shape index (κ3) is 2.66. The number of aromatic nitrogens is 3. The van der Waals surface area contributed by atoms with Crippen LogP contribution in [0.5, 0.6) is 0 Å². The van der Waals surface area contributed by atoms with Crippen molar-refractivity contribution in [3.05, 3.63) is 52.7 Å². The van der Waals surface area contributed by atoms with Crippen molar-refractivity contribution in [2.24, 2.45) is 5.73 Å². The Kier molecular flexibility index (Phi) is 3.47. The Morgan fingerprint density at radius 1 is 1.19 bits per heavy atom. The number of nitrogens with zero attached hydrogens (tertiary/aromatic N) is 3. The minimum absolute atomic E-state index is 0.0652. The van der Waals surface area contributed by atoms with Crippen molar-refractivity contribution in [1.29, 1.82) is 0 Å². The second-order valence-electron chi connectivity index (χ2n) is 6.17. The van der Waals surface area contributed by atoms with Gasteiger partial charge in [0.25, 0.3) is 0 Å². The fourth-order valence-corrected chi connectivity index (χ4v) is 3.22. The molecule has 1 unspecified atom stereocenters. The van der Waals surface area contributed by atoms with Crippen LogP contribution in [0.2, 0.25) is 0 Å². The van der Waals surface area contributed by atoms with Crippen molar-refractivity contribution in [2.45, 2.75) is 32.2 Å². The molecule has 0 aliphatic rings. The second kappa shape index (κ2) is 5.16. The highest BCUT2D eigenvalue weighted by molar-refractivity contribution is 7.05. The van der Waals surface area contributed by atoms with Gasteiger partial charge in [-0.2, -0.15) is 0 Å². The van der Waals surface area contributed by atoms with Crippen molar-refractivity contribution < 1.29 is 0 Å². The van der Waals surface area contributed by atoms with Crippen LogP contribution in [0, 0.1) is 0 Å². The van der Waals surface area contributed by atoms with Crippen LogP contribution in [0.4, 0.5) is 0 Å². The van der Waals surface area contributed by atoms with Crippen LogP contribution in [-0.2, 0) is 5.41 Å². The fourth-order valence-electron chi connectivity index (χ4n) is 2.33. The summed E-state index contributed by atoms with van der Waals surface area (Å²) in [5.41, 5.74) is 9.31. The van der Waals surface area contributed by atoms with Crippen LogP contribution in [0.3, 0.4) is 0 Å². The summed E-state index contributed by atoms with van der Waals surface area (Å²) in [5.74, 6) is 0. The van der Waals surface area contributed by atoms with Gasteiger partial charge in [0.1, 0.15) is 0 Å². The third-order valence-electron chi connectivity index (χ3n) is 3.48. The third-order valence-corrected chi connectivity index (χ3v) is 4.28. The Bertz CT molecular complexity index is 773. The van der Waals surface area contributed by atoms with E-state index in [9.17, 15) is 0 Å². The minimum atomic E-state index is -0.240. The van der Waals surface area contributed by atoms with Gasteiger partial charge in [-0.1, -0.05) is 43.5 Å². The van der Waals surface area contributed by atoms with Gasteiger partial charge >= 0.3 is 0 Å². The molecule has 0 saturated carbocycles. The van der Waals surface area contributed by atoms with E-state index in [1.54, 1.807) is 0 Å². The predicted molar refractivity (Wildman–Crippen MR) is 86.4 cm³/mol. The molecule has 3 aromatic rings. The molecule has 0 fully saturated rings. The number of hydrogen-bond acceptors (Lipinski definition) is 5. The molecule has 0 spiro atoms. The summed E-state index contributed by atoms with van der Waals surface area (Å²) in [6, 6.07) is 9.90. The van der Waals surface area contributed by atoms with Crippen LogP contribution >= 0.6 is 11.5 Å². The van der Waals surface area contributed by atoms with Crippen LogP contribution < -0.4 is 5.73 Å². The largest absolute Gasteiger partial charge is 0.319 e. The van der Waals surface area contributed by atoms with Gasteiger partial charge in [-0.3, -0.25) is 4.98 Å². The zero-order chi connectivity index (χ0) is 15.0. The quantitative estimate of drug-likeness (QED) is 0.787. The fraction of sp³-hybridized carbons (Fsp3) is 0.312. The lowest BCUT2D eigenvalue weighted by Crippen LogP contribution is -2.19. The molecule has 0 saturated heterocycles. The van der Waals surface area contributed by atoms with Crippen LogP contribution in [0.1, 0.15) is 42.9 Å². The average molecular weight is 298 g/mol. The highest BCUT2D eigenvalue weighted by Gasteiger charge is 2.26. The SMILES string of the molecule is CC(C)(C)c1nnsc1C(N)c1cnc2ccccc2c1. The summed E-state index contributed by atoms with van der Waals surface area (Å²) in [4.78, 5) is 5.50. The first-order valence-corrected chi connectivity index (χ1v) is 7.67. The molecular formula is C16H18N4S. The maximum Gasteiger partial charge on any atom is 0.0860 e. The molecule has 3 rings (SSSR count). The molecule has 2 aromatic heterocycles. The summed E-state index contributed by atoms with van der Waals surface area (Å²) < 4.78 is 4.09. The lowest BCUT2D eigenvalue weighted by atomic mass is 9.89. The zero-order valence-electron chi connectivity index (χ0n) is 12.4. The van der Waals surface area contributed by atoms with Crippen molar-refractivity contribution >= 4 is 22.4 Å². The van der Waals surface area contributed by atoms with Crippen molar-refractivity contribution in [3.8, 4) is 0 Å². The number of hydrogen-bond donors (Lipinski definition) is 1. The molecular weight excluding hydrogens is 280 g/mol. The molecule has 1 atom stereocenters. The summed E-state index contributed by atoms with van der Waals surface area (Å²) in [6.45, 7) is 6.37. The van der Waals surface area contributed by atoms with E-state index in [4.69, 9.17) is 5.73 Å². The van der Waals surface area contributed by atoms with Gasteiger partial charge < -0.3 is 5.73 Å². The van der Waals surface area contributed by atoms with Gasteiger partial charge in [-0.25, -0.2) is 0 Å². The van der Waals surface area contributed by atoms with E-state index in [0.717, 1.165) is 27.0 Å². The summed E-state index contributed by atoms with van der Waals surface area (Å²) >= 11 is 1.37. The second-order valence-corrected chi connectivity index (χ2v) is 6.96. The number of nitrogens with two attached hydrogens (primary N) is 1. The van der Waals surface area contributed by atoms with E-state index in [1.165, 1.54) is 11.5 Å². The van der Waals surface area contributed by atoms with Crippen LogP contribution in [0.25, 0.3) is 10.9 Å². The first-order valence-electron chi connectivity index (χ1n) is 6.90. The number of fused-ring (bicyclic) bond motifs is 1. The summed E-state index contributed by atoms with van der Waals surface area (Å²) in [6.07, 6.45) is 1.85. The van der Waals surface area contributed by atoms with Crippen molar-refractivity contribution in [1.82, 2.24) is 14.6 Å².